The maximum Gasteiger partial charge on any atom is 0.354 e. The van der Waals surface area contributed by atoms with Crippen molar-refractivity contribution in [3.05, 3.63) is 23.9 Å². The third-order valence-electron chi connectivity index (χ3n) is 5.23. The molecule has 2 aliphatic heterocycles. The molecule has 142 valence electrons. The van der Waals surface area contributed by atoms with Crippen molar-refractivity contribution in [3.8, 4) is 0 Å². The number of carbonyl (C=O) groups excluding carboxylic acids is 1. The second-order valence-electron chi connectivity index (χ2n) is 7.69. The standard InChI is InChI=1S/C19H28N4O3/c1-14-10-15(2)12-23(11-14)18(24)13-21-6-8-22(9-7-21)17-5-3-4-16(20-17)19(25)26/h3-5,14-15H,6-13H2,1-2H3,(H,25,26). The fraction of sp³-hybridized carbons (Fsp3) is 0.632. The zero-order valence-electron chi connectivity index (χ0n) is 15.6. The summed E-state index contributed by atoms with van der Waals surface area (Å²) in [6, 6.07) is 5.06. The fourth-order valence-electron chi connectivity index (χ4n) is 4.01. The van der Waals surface area contributed by atoms with Crippen molar-refractivity contribution < 1.29 is 14.7 Å². The molecule has 0 aliphatic carbocycles. The normalized spacial score (nSPS) is 24.5. The average Bonchev–Trinajstić information content (AvgIpc) is 2.61. The van der Waals surface area contributed by atoms with Gasteiger partial charge in [-0.2, -0.15) is 0 Å². The number of carboxylic acids is 1. The molecule has 3 heterocycles. The number of aromatic nitrogens is 1. The van der Waals surface area contributed by atoms with Crippen molar-refractivity contribution in [1.29, 1.82) is 0 Å². The minimum atomic E-state index is -1.01. The topological polar surface area (TPSA) is 77.0 Å². The van der Waals surface area contributed by atoms with Gasteiger partial charge in [0.05, 0.1) is 6.54 Å². The van der Waals surface area contributed by atoms with Crippen molar-refractivity contribution in [2.24, 2.45) is 11.8 Å². The number of hydrogen-bond donors (Lipinski definition) is 1. The van der Waals surface area contributed by atoms with Gasteiger partial charge in [0, 0.05) is 39.3 Å². The number of aromatic carboxylic acids is 1. The van der Waals surface area contributed by atoms with Gasteiger partial charge in [-0.15, -0.1) is 0 Å². The molecule has 0 bridgehead atoms. The molecule has 0 spiro atoms. The van der Waals surface area contributed by atoms with Crippen LogP contribution < -0.4 is 4.90 Å². The van der Waals surface area contributed by atoms with Crippen LogP contribution in [0.25, 0.3) is 0 Å². The van der Waals surface area contributed by atoms with Gasteiger partial charge in [-0.25, -0.2) is 9.78 Å². The lowest BCUT2D eigenvalue weighted by Gasteiger charge is -2.38. The molecule has 7 nitrogen and oxygen atoms in total. The lowest BCUT2D eigenvalue weighted by molar-refractivity contribution is -0.135. The molecule has 2 fully saturated rings. The Labute approximate surface area is 154 Å². The zero-order chi connectivity index (χ0) is 18.7. The minimum Gasteiger partial charge on any atom is -0.477 e. The number of anilines is 1. The highest BCUT2D eigenvalue weighted by atomic mass is 16.4. The molecule has 7 heteroatoms. The van der Waals surface area contributed by atoms with Gasteiger partial charge in [-0.3, -0.25) is 9.69 Å². The van der Waals surface area contributed by atoms with E-state index in [1.165, 1.54) is 12.5 Å². The monoisotopic (exact) mass is 360 g/mol. The molecule has 2 atom stereocenters. The van der Waals surface area contributed by atoms with Crippen LogP contribution in [-0.4, -0.2) is 77.6 Å². The van der Waals surface area contributed by atoms with E-state index in [0.29, 0.717) is 24.2 Å². The molecule has 1 aromatic rings. The van der Waals surface area contributed by atoms with Crippen LogP contribution in [0.5, 0.6) is 0 Å². The highest BCUT2D eigenvalue weighted by Gasteiger charge is 2.27. The summed E-state index contributed by atoms with van der Waals surface area (Å²) in [6.07, 6.45) is 1.20. The summed E-state index contributed by atoms with van der Waals surface area (Å²) in [6.45, 7) is 9.69. The molecule has 0 aromatic carbocycles. The Morgan fingerprint density at radius 2 is 1.77 bits per heavy atom. The highest BCUT2D eigenvalue weighted by molar-refractivity contribution is 5.85. The third-order valence-corrected chi connectivity index (χ3v) is 5.23. The summed E-state index contributed by atoms with van der Waals surface area (Å²) in [7, 11) is 0. The number of piperidine rings is 1. The molecule has 2 aliphatic rings. The number of piperazine rings is 1. The Balaban J connectivity index is 1.51. The second-order valence-corrected chi connectivity index (χ2v) is 7.69. The van der Waals surface area contributed by atoms with Gasteiger partial charge in [-0.05, 0) is 30.4 Å². The molecule has 0 radical (unpaired) electrons. The van der Waals surface area contributed by atoms with Gasteiger partial charge in [-0.1, -0.05) is 19.9 Å². The van der Waals surface area contributed by atoms with Crippen LogP contribution in [-0.2, 0) is 4.79 Å². The van der Waals surface area contributed by atoms with E-state index in [0.717, 1.165) is 39.3 Å². The van der Waals surface area contributed by atoms with Crippen LogP contribution in [0.15, 0.2) is 18.2 Å². The Morgan fingerprint density at radius 1 is 1.12 bits per heavy atom. The first kappa shape index (κ1) is 18.6. The maximum absolute atomic E-state index is 12.6. The van der Waals surface area contributed by atoms with E-state index in [1.54, 1.807) is 6.07 Å². The number of rotatable bonds is 4. The van der Waals surface area contributed by atoms with E-state index in [-0.39, 0.29) is 11.6 Å². The smallest absolute Gasteiger partial charge is 0.354 e. The molecule has 2 saturated heterocycles. The first-order chi connectivity index (χ1) is 12.4. The van der Waals surface area contributed by atoms with E-state index >= 15 is 0 Å². The molecular weight excluding hydrogens is 332 g/mol. The highest BCUT2D eigenvalue weighted by Crippen LogP contribution is 2.21. The first-order valence-electron chi connectivity index (χ1n) is 9.38. The van der Waals surface area contributed by atoms with Crippen molar-refractivity contribution in [2.75, 3.05) is 50.7 Å². The molecule has 1 aromatic heterocycles. The van der Waals surface area contributed by atoms with Crippen molar-refractivity contribution >= 4 is 17.7 Å². The number of carbonyl (C=O) groups is 2. The summed E-state index contributed by atoms with van der Waals surface area (Å²) >= 11 is 0. The Hall–Kier alpha value is -2.15. The van der Waals surface area contributed by atoms with E-state index in [4.69, 9.17) is 5.11 Å². The number of pyridine rings is 1. The minimum absolute atomic E-state index is 0.0634. The molecule has 26 heavy (non-hydrogen) atoms. The van der Waals surface area contributed by atoms with Crippen LogP contribution in [0.4, 0.5) is 5.82 Å². The maximum atomic E-state index is 12.6. The first-order valence-corrected chi connectivity index (χ1v) is 9.38. The van der Waals surface area contributed by atoms with Gasteiger partial charge in [0.1, 0.15) is 5.82 Å². The molecule has 2 unspecified atom stereocenters. The Kier molecular flexibility index (Phi) is 5.76. The fourth-order valence-corrected chi connectivity index (χ4v) is 4.01. The predicted octanol–water partition coefficient (Wildman–Crippen LogP) is 1.41. The lowest BCUT2D eigenvalue weighted by Crippen LogP contribution is -2.52. The van der Waals surface area contributed by atoms with Crippen molar-refractivity contribution in [3.63, 3.8) is 0 Å². The quantitative estimate of drug-likeness (QED) is 0.875. The predicted molar refractivity (Wildman–Crippen MR) is 99.4 cm³/mol. The molecular formula is C19H28N4O3. The van der Waals surface area contributed by atoms with Gasteiger partial charge in [0.25, 0.3) is 0 Å². The molecule has 1 N–H and O–H groups in total. The number of hydrogen-bond acceptors (Lipinski definition) is 5. The van der Waals surface area contributed by atoms with Crippen LogP contribution in [0.3, 0.4) is 0 Å². The summed E-state index contributed by atoms with van der Waals surface area (Å²) in [5, 5.41) is 9.08. The molecule has 1 amide bonds. The summed E-state index contributed by atoms with van der Waals surface area (Å²) < 4.78 is 0. The van der Waals surface area contributed by atoms with Gasteiger partial charge >= 0.3 is 5.97 Å². The summed E-state index contributed by atoms with van der Waals surface area (Å²) in [5.41, 5.74) is 0.0634. The van der Waals surface area contributed by atoms with Crippen molar-refractivity contribution in [1.82, 2.24) is 14.8 Å². The second kappa shape index (κ2) is 8.03. The molecule has 3 rings (SSSR count). The Morgan fingerprint density at radius 3 is 2.38 bits per heavy atom. The van der Waals surface area contributed by atoms with Crippen LogP contribution >= 0.6 is 0 Å². The lowest BCUT2D eigenvalue weighted by atomic mass is 9.92. The average molecular weight is 360 g/mol. The van der Waals surface area contributed by atoms with E-state index in [1.807, 2.05) is 11.0 Å². The van der Waals surface area contributed by atoms with Crippen molar-refractivity contribution in [2.45, 2.75) is 20.3 Å². The van der Waals surface area contributed by atoms with Crippen LogP contribution in [0.1, 0.15) is 30.8 Å². The number of nitrogens with zero attached hydrogens (tertiary/aromatic N) is 4. The Bertz CT molecular complexity index is 648. The van der Waals surface area contributed by atoms with Gasteiger partial charge < -0.3 is 14.9 Å². The number of amides is 1. The van der Waals surface area contributed by atoms with Gasteiger partial charge in [0.15, 0.2) is 5.69 Å². The molecule has 0 saturated carbocycles. The van der Waals surface area contributed by atoms with E-state index in [2.05, 4.69) is 28.6 Å². The van der Waals surface area contributed by atoms with Crippen LogP contribution in [0.2, 0.25) is 0 Å². The van der Waals surface area contributed by atoms with E-state index < -0.39 is 5.97 Å². The van der Waals surface area contributed by atoms with Gasteiger partial charge in [0.2, 0.25) is 5.91 Å². The van der Waals surface area contributed by atoms with E-state index in [9.17, 15) is 9.59 Å². The van der Waals surface area contributed by atoms with Crippen LogP contribution in [0, 0.1) is 11.8 Å². The zero-order valence-corrected chi connectivity index (χ0v) is 15.6. The largest absolute Gasteiger partial charge is 0.477 e. The summed E-state index contributed by atoms with van der Waals surface area (Å²) in [5.74, 6) is 1.05. The summed E-state index contributed by atoms with van der Waals surface area (Å²) in [4.78, 5) is 34.2. The SMILES string of the molecule is CC1CC(C)CN(C(=O)CN2CCN(c3cccc(C(=O)O)n3)CC2)C1. The number of carboxylic acid groups (broad SMARTS) is 1. The third kappa shape index (κ3) is 4.52. The number of likely N-dealkylation sites (tertiary alicyclic amines) is 1.